The van der Waals surface area contributed by atoms with Crippen molar-refractivity contribution in [2.75, 3.05) is 0 Å². The lowest BCUT2D eigenvalue weighted by molar-refractivity contribution is -0.148. The normalized spacial score (nSPS) is 31.0. The summed E-state index contributed by atoms with van der Waals surface area (Å²) in [6, 6.07) is 8.28. The fourth-order valence-corrected chi connectivity index (χ4v) is 6.97. The second kappa shape index (κ2) is 7.19. The number of hydrogen-bond acceptors (Lipinski definition) is 4. The molecule has 0 spiro atoms. The van der Waals surface area contributed by atoms with Gasteiger partial charge in [0, 0.05) is 17.0 Å². The van der Waals surface area contributed by atoms with Crippen LogP contribution in [0.5, 0.6) is 0 Å². The number of benzene rings is 1. The Morgan fingerprint density at radius 2 is 1.72 bits per heavy atom. The van der Waals surface area contributed by atoms with Crippen LogP contribution in [0.3, 0.4) is 0 Å². The molecule has 32 heavy (non-hydrogen) atoms. The van der Waals surface area contributed by atoms with Crippen LogP contribution >= 0.6 is 0 Å². The lowest BCUT2D eigenvalue weighted by Crippen LogP contribution is -2.63. The Bertz CT molecular complexity index is 1030. The minimum Gasteiger partial charge on any atom is -0.369 e. The third kappa shape index (κ3) is 3.18. The minimum absolute atomic E-state index is 0.0492. The number of hydrogen-bond donors (Lipinski definition) is 2. The minimum atomic E-state index is -0.659. The van der Waals surface area contributed by atoms with E-state index in [9.17, 15) is 9.59 Å². The van der Waals surface area contributed by atoms with Gasteiger partial charge in [0.1, 0.15) is 5.76 Å². The summed E-state index contributed by atoms with van der Waals surface area (Å²) < 4.78 is 5.30. The van der Waals surface area contributed by atoms with Crippen molar-refractivity contribution in [1.82, 2.24) is 10.5 Å². The third-order valence-electron chi connectivity index (χ3n) is 8.59. The fourth-order valence-electron chi connectivity index (χ4n) is 6.97. The Morgan fingerprint density at radius 3 is 2.25 bits per heavy atom. The number of nitrogens with one attached hydrogen (secondary N) is 1. The first-order valence-electron chi connectivity index (χ1n) is 11.8. The number of aryl methyl sites for hydroxylation is 2. The lowest BCUT2D eigenvalue weighted by atomic mass is 9.47. The van der Waals surface area contributed by atoms with Gasteiger partial charge in [-0.1, -0.05) is 29.4 Å². The van der Waals surface area contributed by atoms with Crippen LogP contribution in [0.1, 0.15) is 63.0 Å². The van der Waals surface area contributed by atoms with Crippen LogP contribution in [0.4, 0.5) is 0 Å². The molecule has 1 aromatic heterocycles. The Kier molecular flexibility index (Phi) is 4.77. The number of carbonyl (C=O) groups excluding carboxylic acids is 2. The van der Waals surface area contributed by atoms with Crippen molar-refractivity contribution in [3.63, 3.8) is 0 Å². The predicted molar refractivity (Wildman–Crippen MR) is 122 cm³/mol. The van der Waals surface area contributed by atoms with Gasteiger partial charge in [-0.3, -0.25) is 9.59 Å². The molecule has 1 heterocycles. The van der Waals surface area contributed by atoms with Gasteiger partial charge >= 0.3 is 0 Å². The van der Waals surface area contributed by atoms with Gasteiger partial charge in [0.2, 0.25) is 11.8 Å². The van der Waals surface area contributed by atoms with Gasteiger partial charge in [0.25, 0.3) is 0 Å². The third-order valence-corrected chi connectivity index (χ3v) is 8.59. The summed E-state index contributed by atoms with van der Waals surface area (Å²) in [5.74, 6) is 2.00. The molecule has 0 radical (unpaired) electrons. The zero-order valence-electron chi connectivity index (χ0n) is 19.4. The van der Waals surface area contributed by atoms with Crippen molar-refractivity contribution >= 4 is 11.8 Å². The van der Waals surface area contributed by atoms with E-state index in [0.29, 0.717) is 17.8 Å². The van der Waals surface area contributed by atoms with Crippen LogP contribution in [0.2, 0.25) is 0 Å². The van der Waals surface area contributed by atoms with E-state index >= 15 is 0 Å². The van der Waals surface area contributed by atoms with Gasteiger partial charge < -0.3 is 15.6 Å². The second-order valence-corrected chi connectivity index (χ2v) is 11.0. The highest BCUT2D eigenvalue weighted by atomic mass is 16.5. The van der Waals surface area contributed by atoms with Gasteiger partial charge in [-0.25, -0.2) is 0 Å². The molecule has 4 aliphatic carbocycles. The van der Waals surface area contributed by atoms with Crippen molar-refractivity contribution < 1.29 is 14.1 Å². The highest BCUT2D eigenvalue weighted by Gasteiger charge is 2.58. The van der Waals surface area contributed by atoms with Crippen LogP contribution in [0.15, 0.2) is 28.8 Å². The van der Waals surface area contributed by atoms with Gasteiger partial charge in [-0.2, -0.15) is 0 Å². The van der Waals surface area contributed by atoms with Crippen LogP contribution in [-0.4, -0.2) is 23.0 Å². The Hall–Kier alpha value is -2.63. The maximum absolute atomic E-state index is 13.5. The molecule has 0 saturated heterocycles. The Labute approximate surface area is 189 Å². The molecule has 6 heteroatoms. The smallest absolute Gasteiger partial charge is 0.230 e. The average Bonchev–Trinajstić information content (AvgIpc) is 3.08. The molecule has 6 rings (SSSR count). The van der Waals surface area contributed by atoms with Gasteiger partial charge in [0.15, 0.2) is 0 Å². The van der Waals surface area contributed by atoms with Crippen molar-refractivity contribution in [3.05, 3.63) is 41.3 Å². The van der Waals surface area contributed by atoms with E-state index in [4.69, 9.17) is 10.3 Å². The van der Waals surface area contributed by atoms with Gasteiger partial charge in [-0.05, 0) is 88.7 Å². The monoisotopic (exact) mass is 435 g/mol. The summed E-state index contributed by atoms with van der Waals surface area (Å²) in [5, 5.41) is 7.44. The SMILES string of the molecule is Cc1noc(C)c1-c1ccc(C(C)(C)C(=O)NC2C3CC4CC2CC(C(N)=O)(C4)C3)cc1. The molecule has 4 fully saturated rings. The predicted octanol–water partition coefficient (Wildman–Crippen LogP) is 4.03. The standard InChI is InChI=1S/C26H33N3O3/c1-14-21(15(2)32-29-14)17-5-7-20(8-6-17)25(3,4)24(31)28-22-18-9-16-10-19(22)13-26(11-16,12-18)23(27)30/h5-8,16,18-19,22H,9-13H2,1-4H3,(H2,27,30)(H,28,31). The molecule has 2 aromatic rings. The van der Waals surface area contributed by atoms with Gasteiger partial charge in [0.05, 0.1) is 11.1 Å². The highest BCUT2D eigenvalue weighted by molar-refractivity contribution is 5.88. The summed E-state index contributed by atoms with van der Waals surface area (Å²) in [6.07, 6.45) is 4.80. The highest BCUT2D eigenvalue weighted by Crippen LogP contribution is 2.60. The van der Waals surface area contributed by atoms with E-state index in [1.165, 1.54) is 0 Å². The Morgan fingerprint density at radius 1 is 1.09 bits per heavy atom. The Balaban J connectivity index is 1.33. The van der Waals surface area contributed by atoms with E-state index in [2.05, 4.69) is 10.5 Å². The summed E-state index contributed by atoms with van der Waals surface area (Å²) in [7, 11) is 0. The molecular weight excluding hydrogens is 402 g/mol. The molecule has 6 nitrogen and oxygen atoms in total. The van der Waals surface area contributed by atoms with Crippen LogP contribution in [0.25, 0.3) is 11.1 Å². The first kappa shape index (κ1) is 21.2. The number of aromatic nitrogens is 1. The molecule has 3 N–H and O–H groups in total. The summed E-state index contributed by atoms with van der Waals surface area (Å²) in [6.45, 7) is 7.81. The lowest BCUT2D eigenvalue weighted by Gasteiger charge is -2.59. The van der Waals surface area contributed by atoms with E-state index in [1.54, 1.807) is 0 Å². The van der Waals surface area contributed by atoms with Crippen molar-refractivity contribution in [2.45, 2.75) is 71.3 Å². The maximum Gasteiger partial charge on any atom is 0.230 e. The molecule has 4 bridgehead atoms. The zero-order chi connectivity index (χ0) is 22.8. The topological polar surface area (TPSA) is 98.2 Å². The molecule has 2 atom stereocenters. The second-order valence-electron chi connectivity index (χ2n) is 11.0. The molecule has 4 aliphatic rings. The summed E-state index contributed by atoms with van der Waals surface area (Å²) in [4.78, 5) is 25.7. The quantitative estimate of drug-likeness (QED) is 0.741. The molecule has 2 unspecified atom stereocenters. The van der Waals surface area contributed by atoms with Crippen LogP contribution in [0, 0.1) is 37.0 Å². The average molecular weight is 436 g/mol. The molecule has 1 aromatic carbocycles. The van der Waals surface area contributed by atoms with Gasteiger partial charge in [-0.15, -0.1) is 0 Å². The number of rotatable bonds is 5. The largest absolute Gasteiger partial charge is 0.369 e. The van der Waals surface area contributed by atoms with E-state index in [0.717, 1.165) is 60.2 Å². The summed E-state index contributed by atoms with van der Waals surface area (Å²) >= 11 is 0. The first-order chi connectivity index (χ1) is 15.1. The van der Waals surface area contributed by atoms with E-state index in [-0.39, 0.29) is 23.3 Å². The van der Waals surface area contributed by atoms with E-state index in [1.807, 2.05) is 52.0 Å². The number of primary amides is 1. The molecule has 2 amide bonds. The van der Waals surface area contributed by atoms with Crippen LogP contribution in [-0.2, 0) is 15.0 Å². The van der Waals surface area contributed by atoms with Crippen molar-refractivity contribution in [1.29, 1.82) is 0 Å². The molecule has 4 saturated carbocycles. The summed E-state index contributed by atoms with van der Waals surface area (Å²) in [5.41, 5.74) is 8.71. The maximum atomic E-state index is 13.5. The number of amides is 2. The molecule has 170 valence electrons. The number of carbonyl (C=O) groups is 2. The van der Waals surface area contributed by atoms with E-state index < -0.39 is 5.41 Å². The number of nitrogens with two attached hydrogens (primary N) is 1. The van der Waals surface area contributed by atoms with Crippen molar-refractivity contribution in [3.8, 4) is 11.1 Å². The zero-order valence-corrected chi connectivity index (χ0v) is 19.4. The fraction of sp³-hybridized carbons (Fsp3) is 0.577. The molecular formula is C26H33N3O3. The van der Waals surface area contributed by atoms with Crippen LogP contribution < -0.4 is 11.1 Å². The molecule has 0 aliphatic heterocycles. The first-order valence-corrected chi connectivity index (χ1v) is 11.8. The van der Waals surface area contributed by atoms with Crippen molar-refractivity contribution in [2.24, 2.45) is 28.9 Å². The number of nitrogens with zero attached hydrogens (tertiary/aromatic N) is 1.